The van der Waals surface area contributed by atoms with Crippen molar-refractivity contribution in [3.8, 4) is 0 Å². The Bertz CT molecular complexity index is 1010. The van der Waals surface area contributed by atoms with Gasteiger partial charge >= 0.3 is 6.03 Å². The topological polar surface area (TPSA) is 66.9 Å². The quantitative estimate of drug-likeness (QED) is 0.479. The fraction of sp³-hybridized carbons (Fsp3) is 0.133. The number of urea groups is 1. The molecule has 0 unspecified atom stereocenters. The maximum absolute atomic E-state index is 12.0. The van der Waals surface area contributed by atoms with Crippen molar-refractivity contribution in [2.45, 2.75) is 10.9 Å². The van der Waals surface area contributed by atoms with E-state index in [0.717, 1.165) is 29.7 Å². The van der Waals surface area contributed by atoms with Crippen LogP contribution in [0.1, 0.15) is 4.88 Å². The molecule has 1 aromatic carbocycles. The lowest BCUT2D eigenvalue weighted by molar-refractivity contribution is 0.252. The number of fused-ring (bicyclic) bond motifs is 3. The first-order chi connectivity index (χ1) is 11.7. The van der Waals surface area contributed by atoms with Crippen molar-refractivity contribution in [3.05, 3.63) is 34.5 Å². The van der Waals surface area contributed by atoms with Gasteiger partial charge in [-0.2, -0.15) is 0 Å². The highest BCUT2D eigenvalue weighted by Crippen LogP contribution is 2.37. The zero-order valence-electron chi connectivity index (χ0n) is 12.5. The van der Waals surface area contributed by atoms with Crippen LogP contribution in [-0.2, 0) is 6.54 Å². The molecule has 5 nitrogen and oxygen atoms in total. The summed E-state index contributed by atoms with van der Waals surface area (Å²) in [6.07, 6.45) is 2.02. The van der Waals surface area contributed by atoms with Gasteiger partial charge in [-0.25, -0.2) is 14.8 Å². The van der Waals surface area contributed by atoms with Gasteiger partial charge in [-0.1, -0.05) is 29.2 Å². The summed E-state index contributed by atoms with van der Waals surface area (Å²) < 4.78 is 3.23. The standard InChI is InChI=1S/C15H12N4OS4/c1-21-15-18-10-5-4-9-11(12(10)24-15)23-14(17-9)19-13(20)16-7-8-3-2-6-22-8/h2-6H,7H2,1H3,(H2,16,17,19,20). The monoisotopic (exact) mass is 392 g/mol. The number of hydrogen-bond acceptors (Lipinski definition) is 7. The SMILES string of the molecule is CSc1nc2ccc3nc(NC(=O)NCc4cccs4)sc3c2s1. The summed E-state index contributed by atoms with van der Waals surface area (Å²) in [5.74, 6) is 0. The first-order valence-corrected chi connectivity index (χ1v) is 10.8. The molecule has 4 aromatic rings. The van der Waals surface area contributed by atoms with E-state index in [2.05, 4.69) is 20.6 Å². The lowest BCUT2D eigenvalue weighted by Crippen LogP contribution is -2.27. The second-order valence-corrected chi connectivity index (χ2v) is 8.94. The Morgan fingerprint density at radius 2 is 1.96 bits per heavy atom. The summed E-state index contributed by atoms with van der Waals surface area (Å²) in [5.41, 5.74) is 1.87. The second-order valence-electron chi connectivity index (χ2n) is 4.85. The van der Waals surface area contributed by atoms with E-state index in [-0.39, 0.29) is 6.03 Å². The van der Waals surface area contributed by atoms with E-state index in [9.17, 15) is 4.79 Å². The Morgan fingerprint density at radius 3 is 2.71 bits per heavy atom. The predicted molar refractivity (Wildman–Crippen MR) is 105 cm³/mol. The molecule has 4 rings (SSSR count). The second kappa shape index (κ2) is 6.67. The Kier molecular flexibility index (Phi) is 4.40. The van der Waals surface area contributed by atoms with Crippen LogP contribution < -0.4 is 10.6 Å². The number of aromatic nitrogens is 2. The number of nitrogens with one attached hydrogen (secondary N) is 2. The Balaban J connectivity index is 1.55. The number of hydrogen-bond donors (Lipinski definition) is 2. The molecular formula is C15H12N4OS4. The number of rotatable bonds is 4. The molecule has 0 bridgehead atoms. The summed E-state index contributed by atoms with van der Waals surface area (Å²) in [4.78, 5) is 22.2. The first kappa shape index (κ1) is 15.8. The normalized spacial score (nSPS) is 11.2. The molecule has 9 heteroatoms. The largest absolute Gasteiger partial charge is 0.333 e. The molecule has 0 spiro atoms. The minimum absolute atomic E-state index is 0.243. The van der Waals surface area contributed by atoms with Crippen molar-refractivity contribution < 1.29 is 4.79 Å². The van der Waals surface area contributed by atoms with Crippen LogP contribution in [0.25, 0.3) is 20.4 Å². The highest BCUT2D eigenvalue weighted by atomic mass is 32.2. The van der Waals surface area contributed by atoms with Crippen LogP contribution >= 0.6 is 45.8 Å². The minimum Gasteiger partial charge on any atom is -0.333 e. The fourth-order valence-electron chi connectivity index (χ4n) is 2.22. The molecule has 0 saturated heterocycles. The summed E-state index contributed by atoms with van der Waals surface area (Å²) >= 11 is 6.40. The molecule has 0 fully saturated rings. The number of anilines is 1. The van der Waals surface area contributed by atoms with Gasteiger partial charge in [-0.15, -0.1) is 22.7 Å². The highest BCUT2D eigenvalue weighted by Gasteiger charge is 2.13. The third-order valence-corrected chi connectivity index (χ3v) is 7.37. The van der Waals surface area contributed by atoms with E-state index in [1.807, 2.05) is 35.9 Å². The molecule has 2 N–H and O–H groups in total. The van der Waals surface area contributed by atoms with Crippen molar-refractivity contribution in [2.24, 2.45) is 0 Å². The molecule has 0 radical (unpaired) electrons. The van der Waals surface area contributed by atoms with Crippen molar-refractivity contribution in [1.82, 2.24) is 15.3 Å². The van der Waals surface area contributed by atoms with Gasteiger partial charge in [-0.05, 0) is 29.8 Å². The number of thiophene rings is 1. The van der Waals surface area contributed by atoms with E-state index in [0.29, 0.717) is 11.7 Å². The molecular weight excluding hydrogens is 380 g/mol. The van der Waals surface area contributed by atoms with Crippen molar-refractivity contribution in [3.63, 3.8) is 0 Å². The molecule has 0 atom stereocenters. The van der Waals surface area contributed by atoms with E-state index in [4.69, 9.17) is 0 Å². The van der Waals surface area contributed by atoms with Crippen LogP contribution in [0.5, 0.6) is 0 Å². The number of carbonyl (C=O) groups is 1. The average Bonchev–Trinajstić information content (AvgIpc) is 3.30. The van der Waals surface area contributed by atoms with Crippen LogP contribution in [0.4, 0.5) is 9.93 Å². The lowest BCUT2D eigenvalue weighted by atomic mass is 10.3. The van der Waals surface area contributed by atoms with E-state index in [1.54, 1.807) is 34.4 Å². The third-order valence-electron chi connectivity index (χ3n) is 3.29. The third kappa shape index (κ3) is 3.12. The number of amides is 2. The molecule has 0 aliphatic rings. The van der Waals surface area contributed by atoms with E-state index in [1.165, 1.54) is 11.3 Å². The van der Waals surface area contributed by atoms with Gasteiger partial charge in [0.1, 0.15) is 0 Å². The molecule has 24 heavy (non-hydrogen) atoms. The maximum Gasteiger partial charge on any atom is 0.321 e. The highest BCUT2D eigenvalue weighted by molar-refractivity contribution is 8.00. The number of thiazole rings is 2. The van der Waals surface area contributed by atoms with Crippen molar-refractivity contribution in [1.29, 1.82) is 0 Å². The predicted octanol–water partition coefficient (Wildman–Crippen LogP) is 5.01. The molecule has 2 amide bonds. The molecule has 0 saturated carbocycles. The van der Waals surface area contributed by atoms with Crippen LogP contribution in [0.3, 0.4) is 0 Å². The molecule has 122 valence electrons. The van der Waals surface area contributed by atoms with Crippen molar-refractivity contribution >= 4 is 77.4 Å². The summed E-state index contributed by atoms with van der Waals surface area (Å²) in [6, 6.07) is 7.65. The van der Waals surface area contributed by atoms with Gasteiger partial charge in [0, 0.05) is 4.88 Å². The first-order valence-electron chi connectivity index (χ1n) is 7.04. The van der Waals surface area contributed by atoms with Crippen LogP contribution in [0.15, 0.2) is 34.0 Å². The van der Waals surface area contributed by atoms with Gasteiger partial charge in [0.25, 0.3) is 0 Å². The van der Waals surface area contributed by atoms with Gasteiger partial charge in [0.2, 0.25) is 0 Å². The van der Waals surface area contributed by atoms with E-state index >= 15 is 0 Å². The minimum atomic E-state index is -0.243. The number of nitrogens with zero attached hydrogens (tertiary/aromatic N) is 2. The summed E-state index contributed by atoms with van der Waals surface area (Å²) in [7, 11) is 0. The Hall–Kier alpha value is -1.68. The fourth-order valence-corrected chi connectivity index (χ4v) is 5.51. The van der Waals surface area contributed by atoms with Crippen LogP contribution in [-0.4, -0.2) is 22.3 Å². The maximum atomic E-state index is 12.0. The molecule has 3 aromatic heterocycles. The molecule has 0 aliphatic heterocycles. The van der Waals surface area contributed by atoms with Crippen LogP contribution in [0.2, 0.25) is 0 Å². The Morgan fingerprint density at radius 1 is 1.17 bits per heavy atom. The van der Waals surface area contributed by atoms with Gasteiger partial charge in [-0.3, -0.25) is 5.32 Å². The smallest absolute Gasteiger partial charge is 0.321 e. The number of thioether (sulfide) groups is 1. The zero-order valence-corrected chi connectivity index (χ0v) is 15.8. The summed E-state index contributed by atoms with van der Waals surface area (Å²) in [6.45, 7) is 0.518. The van der Waals surface area contributed by atoms with Crippen LogP contribution in [0, 0.1) is 0 Å². The van der Waals surface area contributed by atoms with Gasteiger partial charge in [0.05, 0.1) is 27.0 Å². The average molecular weight is 393 g/mol. The van der Waals surface area contributed by atoms with Gasteiger partial charge < -0.3 is 5.32 Å². The lowest BCUT2D eigenvalue weighted by Gasteiger charge is -2.03. The molecule has 0 aliphatic carbocycles. The van der Waals surface area contributed by atoms with Gasteiger partial charge in [0.15, 0.2) is 9.47 Å². The van der Waals surface area contributed by atoms with Crippen molar-refractivity contribution in [2.75, 3.05) is 11.6 Å². The zero-order chi connectivity index (χ0) is 16.5. The number of benzene rings is 1. The summed E-state index contributed by atoms with van der Waals surface area (Å²) in [5, 5.41) is 8.25. The Labute approximate surface area is 154 Å². The van der Waals surface area contributed by atoms with E-state index < -0.39 is 0 Å². The number of carbonyl (C=O) groups excluding carboxylic acids is 1. The molecule has 3 heterocycles.